The molecule has 0 radical (unpaired) electrons. The zero-order valence-corrected chi connectivity index (χ0v) is 19.2. The van der Waals surface area contributed by atoms with E-state index >= 15 is 0 Å². The molecule has 0 aromatic carbocycles. The molecule has 0 spiro atoms. The fourth-order valence-corrected chi connectivity index (χ4v) is 4.01. The Balaban J connectivity index is 1.48. The summed E-state index contributed by atoms with van der Waals surface area (Å²) in [6.45, 7) is 2.57. The van der Waals surface area contributed by atoms with Crippen molar-refractivity contribution in [1.82, 2.24) is 20.4 Å². The van der Waals surface area contributed by atoms with Crippen LogP contribution in [0.2, 0.25) is 0 Å². The average molecular weight is 496 g/mol. The van der Waals surface area contributed by atoms with Crippen LogP contribution in [0.15, 0.2) is 12.2 Å². The number of carbonyl (C=O) groups excluding carboxylic acids is 6. The zero-order chi connectivity index (χ0) is 26.1. The number of amides is 5. The maximum atomic E-state index is 12.6. The summed E-state index contributed by atoms with van der Waals surface area (Å²) in [4.78, 5) is 73.4. The number of aliphatic hydroxyl groups excluding tert-OH is 3. The first kappa shape index (κ1) is 26.2. The van der Waals surface area contributed by atoms with E-state index in [0.29, 0.717) is 0 Å². The molecule has 14 nitrogen and oxygen atoms in total. The van der Waals surface area contributed by atoms with Crippen LogP contribution in [-0.2, 0) is 33.5 Å². The number of imide groups is 1. The van der Waals surface area contributed by atoms with Gasteiger partial charge in [0.1, 0.15) is 31.1 Å². The van der Waals surface area contributed by atoms with E-state index in [1.165, 1.54) is 13.8 Å². The molecule has 0 saturated carbocycles. The molecule has 3 aliphatic rings. The van der Waals surface area contributed by atoms with Gasteiger partial charge in [-0.15, -0.1) is 0 Å². The number of fused-ring (bicyclic) bond motifs is 1. The fraction of sp³-hybridized carbons (Fsp3) is 0.619. The number of esters is 1. The molecule has 192 valence electrons. The molecular formula is C21H28N4O10. The van der Waals surface area contributed by atoms with Gasteiger partial charge in [0.2, 0.25) is 5.91 Å². The van der Waals surface area contributed by atoms with Crippen molar-refractivity contribution in [2.24, 2.45) is 5.41 Å². The van der Waals surface area contributed by atoms with Crippen LogP contribution in [0.25, 0.3) is 0 Å². The highest BCUT2D eigenvalue weighted by Crippen LogP contribution is 2.29. The lowest BCUT2D eigenvalue weighted by atomic mass is 9.87. The molecule has 5 N–H and O–H groups in total. The van der Waals surface area contributed by atoms with E-state index in [0.717, 1.165) is 22.0 Å². The first-order chi connectivity index (χ1) is 16.3. The van der Waals surface area contributed by atoms with Gasteiger partial charge in [0.15, 0.2) is 0 Å². The molecule has 2 fully saturated rings. The summed E-state index contributed by atoms with van der Waals surface area (Å²) in [6, 6.07) is -1.28. The lowest BCUT2D eigenvalue weighted by molar-refractivity contribution is -0.184. The molecular weight excluding hydrogens is 468 g/mol. The van der Waals surface area contributed by atoms with Crippen molar-refractivity contribution in [3.05, 3.63) is 12.2 Å². The minimum Gasteiger partial charge on any atom is -0.463 e. The quantitative estimate of drug-likeness (QED) is 0.119. The summed E-state index contributed by atoms with van der Waals surface area (Å²) < 4.78 is 5.25. The van der Waals surface area contributed by atoms with E-state index in [1.54, 1.807) is 0 Å². The molecule has 3 rings (SSSR count). The van der Waals surface area contributed by atoms with Crippen LogP contribution in [0.3, 0.4) is 0 Å². The van der Waals surface area contributed by atoms with Gasteiger partial charge in [-0.3, -0.25) is 33.7 Å². The van der Waals surface area contributed by atoms with Gasteiger partial charge in [0.05, 0.1) is 11.5 Å². The van der Waals surface area contributed by atoms with E-state index in [1.807, 2.05) is 0 Å². The number of carbonyl (C=O) groups is 6. The first-order valence-corrected chi connectivity index (χ1v) is 11.0. The number of ether oxygens (including phenoxy) is 1. The number of hydrogen-bond donors (Lipinski definition) is 5. The first-order valence-electron chi connectivity index (χ1n) is 11.0. The summed E-state index contributed by atoms with van der Waals surface area (Å²) in [5.41, 5.74) is -1.15. The van der Waals surface area contributed by atoms with Gasteiger partial charge < -0.3 is 35.6 Å². The smallest absolute Gasteiger partial charge is 0.314 e. The Morgan fingerprint density at radius 3 is 2.31 bits per heavy atom. The number of piperidine rings is 1. The third kappa shape index (κ3) is 5.33. The molecule has 0 aromatic heterocycles. The maximum Gasteiger partial charge on any atom is 0.314 e. The minimum atomic E-state index is -1.69. The molecule has 5 amide bonds. The minimum absolute atomic E-state index is 0.0136. The third-order valence-electron chi connectivity index (χ3n) is 6.26. The number of rotatable bonds is 9. The molecule has 3 aliphatic heterocycles. The van der Waals surface area contributed by atoms with Gasteiger partial charge in [-0.1, -0.05) is 0 Å². The van der Waals surface area contributed by atoms with E-state index in [9.17, 15) is 44.1 Å². The van der Waals surface area contributed by atoms with Gasteiger partial charge in [-0.05, 0) is 20.3 Å². The molecule has 2 saturated heterocycles. The fourth-order valence-electron chi connectivity index (χ4n) is 4.01. The topological polar surface area (TPSA) is 203 Å². The normalized spacial score (nSPS) is 28.3. The second-order valence-corrected chi connectivity index (χ2v) is 9.16. The molecule has 0 aliphatic carbocycles. The van der Waals surface area contributed by atoms with Gasteiger partial charge in [-0.2, -0.15) is 0 Å². The molecule has 0 bridgehead atoms. The van der Waals surface area contributed by atoms with E-state index in [4.69, 9.17) is 4.74 Å². The Bertz CT molecular complexity index is 946. The van der Waals surface area contributed by atoms with Crippen LogP contribution in [0.1, 0.15) is 26.7 Å². The van der Waals surface area contributed by atoms with Crippen molar-refractivity contribution in [1.29, 1.82) is 0 Å². The van der Waals surface area contributed by atoms with Crippen LogP contribution in [0, 0.1) is 5.41 Å². The largest absolute Gasteiger partial charge is 0.463 e. The van der Waals surface area contributed by atoms with Crippen LogP contribution >= 0.6 is 0 Å². The lowest BCUT2D eigenvalue weighted by Crippen LogP contribution is -2.68. The standard InChI is InChI=1S/C21H28N4O10/c1-21(2,6-5-11(26)22-7-8-24-12(27)3-4-13(24)28)20(34)35-9-10-14(29)15(30)16(31)17-23-18(32)19(33)25(10)17/h3-4,10,14-17,29-31H,5-9H2,1-2H3,(H,22,26)(H,23,32)/t10-,14-,15+,16+,17+/m1/s1. The van der Waals surface area contributed by atoms with Crippen molar-refractivity contribution >= 4 is 35.5 Å². The van der Waals surface area contributed by atoms with Crippen LogP contribution in [0.5, 0.6) is 0 Å². The van der Waals surface area contributed by atoms with Crippen LogP contribution in [-0.4, -0.2) is 111 Å². The van der Waals surface area contributed by atoms with E-state index in [-0.39, 0.29) is 25.9 Å². The highest BCUT2D eigenvalue weighted by Gasteiger charge is 2.55. The molecule has 35 heavy (non-hydrogen) atoms. The Kier molecular flexibility index (Phi) is 7.57. The van der Waals surface area contributed by atoms with Gasteiger partial charge in [-0.25, -0.2) is 0 Å². The van der Waals surface area contributed by atoms with Gasteiger partial charge >= 0.3 is 17.8 Å². The van der Waals surface area contributed by atoms with Gasteiger partial charge in [0.25, 0.3) is 11.8 Å². The SMILES string of the molecule is CC(C)(CCC(=O)NCCN1C(=O)C=CC1=O)C(=O)OC[C@@H]1[C@@H](O)[C@H](O)[C@H](O)[C@H]2NC(=O)C(=O)N12. The number of nitrogens with zero attached hydrogens (tertiary/aromatic N) is 2. The highest BCUT2D eigenvalue weighted by molar-refractivity contribution is 6.37. The molecule has 0 aromatic rings. The predicted octanol–water partition coefficient (Wildman–Crippen LogP) is -3.87. The van der Waals surface area contributed by atoms with Crippen molar-refractivity contribution in [2.75, 3.05) is 19.7 Å². The summed E-state index contributed by atoms with van der Waals surface area (Å²) in [5.74, 6) is -4.13. The second-order valence-electron chi connectivity index (χ2n) is 9.16. The lowest BCUT2D eigenvalue weighted by Gasteiger charge is -2.44. The van der Waals surface area contributed by atoms with Crippen LogP contribution < -0.4 is 10.6 Å². The molecule has 0 unspecified atom stereocenters. The van der Waals surface area contributed by atoms with Crippen molar-refractivity contribution in [3.8, 4) is 0 Å². The number of aliphatic hydroxyl groups is 3. The monoisotopic (exact) mass is 496 g/mol. The molecule has 3 heterocycles. The zero-order valence-electron chi connectivity index (χ0n) is 19.2. The Hall–Kier alpha value is -3.36. The third-order valence-corrected chi connectivity index (χ3v) is 6.26. The maximum absolute atomic E-state index is 12.6. The van der Waals surface area contributed by atoms with Crippen molar-refractivity contribution in [2.45, 2.75) is 57.2 Å². The summed E-state index contributed by atoms with van der Waals surface area (Å²) in [6.07, 6.45) is -3.97. The van der Waals surface area contributed by atoms with Crippen molar-refractivity contribution in [3.63, 3.8) is 0 Å². The summed E-state index contributed by atoms with van der Waals surface area (Å²) >= 11 is 0. The van der Waals surface area contributed by atoms with Gasteiger partial charge in [0, 0.05) is 31.7 Å². The average Bonchev–Trinajstić information content (AvgIpc) is 3.29. The molecule has 14 heteroatoms. The highest BCUT2D eigenvalue weighted by atomic mass is 16.5. The number of hydrogen-bond acceptors (Lipinski definition) is 10. The Labute approximate surface area is 199 Å². The summed E-state index contributed by atoms with van der Waals surface area (Å²) in [7, 11) is 0. The molecule has 5 atom stereocenters. The summed E-state index contributed by atoms with van der Waals surface area (Å²) in [5, 5.41) is 35.2. The number of nitrogens with one attached hydrogen (secondary N) is 2. The van der Waals surface area contributed by atoms with E-state index < -0.39 is 78.0 Å². The second kappa shape index (κ2) is 10.1. The Morgan fingerprint density at radius 2 is 1.69 bits per heavy atom. The Morgan fingerprint density at radius 1 is 1.06 bits per heavy atom. The van der Waals surface area contributed by atoms with E-state index in [2.05, 4.69) is 10.6 Å². The predicted molar refractivity (Wildman–Crippen MR) is 113 cm³/mol. The van der Waals surface area contributed by atoms with Crippen LogP contribution in [0.4, 0.5) is 0 Å². The van der Waals surface area contributed by atoms with Crippen molar-refractivity contribution < 1.29 is 48.8 Å².